The van der Waals surface area contributed by atoms with Crippen LogP contribution >= 0.6 is 0 Å². The smallest absolute Gasteiger partial charge is 0.241 e. The average molecular weight is 291 g/mol. The second-order valence-corrected chi connectivity index (χ2v) is 5.90. The van der Waals surface area contributed by atoms with Gasteiger partial charge in [-0.1, -0.05) is 6.07 Å². The van der Waals surface area contributed by atoms with E-state index >= 15 is 0 Å². The molecule has 1 atom stereocenters. The van der Waals surface area contributed by atoms with E-state index in [2.05, 4.69) is 4.72 Å². The highest BCUT2D eigenvalue weighted by atomic mass is 32.2. The molecule has 0 saturated carbocycles. The number of hydrogen-bond acceptors (Lipinski definition) is 4. The number of sulfonamides is 1. The summed E-state index contributed by atoms with van der Waals surface area (Å²) in [4.78, 5) is -0.237. The Kier molecular flexibility index (Phi) is 5.86. The van der Waals surface area contributed by atoms with Gasteiger partial charge in [0.05, 0.1) is 11.5 Å². The summed E-state index contributed by atoms with van der Waals surface area (Å²) in [7, 11) is -2.34. The Morgan fingerprint density at radius 1 is 1.47 bits per heavy atom. The van der Waals surface area contributed by atoms with Gasteiger partial charge in [0, 0.05) is 19.8 Å². The SMILES string of the molecule is COCCC(C)NS(=O)(=O)c1cc(F)ccc1CO. The third-order valence-corrected chi connectivity index (χ3v) is 4.27. The highest BCUT2D eigenvalue weighted by Crippen LogP contribution is 2.18. The van der Waals surface area contributed by atoms with E-state index in [9.17, 15) is 12.8 Å². The predicted octanol–water partition coefficient (Wildman–Crippen LogP) is 1.02. The van der Waals surface area contributed by atoms with Gasteiger partial charge in [0.2, 0.25) is 10.0 Å². The molecule has 2 N–H and O–H groups in total. The molecule has 0 amide bonds. The van der Waals surface area contributed by atoms with Crippen LogP contribution in [-0.4, -0.2) is 33.3 Å². The Balaban J connectivity index is 2.96. The standard InChI is InChI=1S/C12H18FNO4S/c1-9(5-6-18-2)14-19(16,17)12-7-11(13)4-3-10(12)8-15/h3-4,7,9,14-15H,5-6,8H2,1-2H3. The number of halogens is 1. The van der Waals surface area contributed by atoms with Gasteiger partial charge in [0.1, 0.15) is 5.82 Å². The lowest BCUT2D eigenvalue weighted by molar-refractivity contribution is 0.188. The Morgan fingerprint density at radius 3 is 2.74 bits per heavy atom. The van der Waals surface area contributed by atoms with Gasteiger partial charge >= 0.3 is 0 Å². The number of nitrogens with one attached hydrogen (secondary N) is 1. The Labute approximate surface area is 112 Å². The molecule has 0 aliphatic carbocycles. The molecule has 108 valence electrons. The van der Waals surface area contributed by atoms with Crippen molar-refractivity contribution in [1.82, 2.24) is 4.72 Å². The first kappa shape index (κ1) is 16.0. The van der Waals surface area contributed by atoms with Crippen molar-refractivity contribution in [3.05, 3.63) is 29.6 Å². The monoisotopic (exact) mass is 291 g/mol. The van der Waals surface area contributed by atoms with Gasteiger partial charge in [-0.15, -0.1) is 0 Å². The lowest BCUT2D eigenvalue weighted by Crippen LogP contribution is -2.34. The van der Waals surface area contributed by atoms with Crippen molar-refractivity contribution in [2.45, 2.75) is 30.9 Å². The maximum atomic E-state index is 13.2. The number of ether oxygens (including phenoxy) is 1. The second-order valence-electron chi connectivity index (χ2n) is 4.21. The molecule has 1 aromatic carbocycles. The summed E-state index contributed by atoms with van der Waals surface area (Å²) in [6, 6.07) is 2.92. The van der Waals surface area contributed by atoms with E-state index < -0.39 is 22.4 Å². The van der Waals surface area contributed by atoms with Crippen LogP contribution in [0.4, 0.5) is 4.39 Å². The summed E-state index contributed by atoms with van der Waals surface area (Å²) >= 11 is 0. The Morgan fingerprint density at radius 2 is 2.16 bits per heavy atom. The van der Waals surface area contributed by atoms with Crippen molar-refractivity contribution in [2.24, 2.45) is 0 Å². The molecule has 1 rings (SSSR count). The van der Waals surface area contributed by atoms with Gasteiger partial charge in [-0.2, -0.15) is 0 Å². The first-order valence-electron chi connectivity index (χ1n) is 5.81. The number of aliphatic hydroxyl groups is 1. The van der Waals surface area contributed by atoms with E-state index in [-0.39, 0.29) is 16.5 Å². The minimum absolute atomic E-state index is 0.160. The van der Waals surface area contributed by atoms with Gasteiger partial charge in [-0.05, 0) is 31.0 Å². The molecule has 0 fully saturated rings. The highest BCUT2D eigenvalue weighted by molar-refractivity contribution is 7.89. The van der Waals surface area contributed by atoms with Gasteiger partial charge in [0.25, 0.3) is 0 Å². The van der Waals surface area contributed by atoms with Crippen molar-refractivity contribution in [3.63, 3.8) is 0 Å². The number of benzene rings is 1. The van der Waals surface area contributed by atoms with Crippen LogP contribution in [0.3, 0.4) is 0 Å². The summed E-state index contributed by atoms with van der Waals surface area (Å²) in [6.07, 6.45) is 0.500. The van der Waals surface area contributed by atoms with Crippen LogP contribution in [0.2, 0.25) is 0 Å². The van der Waals surface area contributed by atoms with Crippen molar-refractivity contribution in [2.75, 3.05) is 13.7 Å². The predicted molar refractivity (Wildman–Crippen MR) is 68.6 cm³/mol. The van der Waals surface area contributed by atoms with E-state index in [0.29, 0.717) is 13.0 Å². The van der Waals surface area contributed by atoms with Crippen LogP contribution in [0.1, 0.15) is 18.9 Å². The molecule has 5 nitrogen and oxygen atoms in total. The van der Waals surface area contributed by atoms with Crippen LogP contribution in [0.5, 0.6) is 0 Å². The highest BCUT2D eigenvalue weighted by Gasteiger charge is 2.21. The number of methoxy groups -OCH3 is 1. The zero-order valence-electron chi connectivity index (χ0n) is 10.9. The number of rotatable bonds is 7. The quantitative estimate of drug-likeness (QED) is 0.786. The van der Waals surface area contributed by atoms with E-state index in [1.165, 1.54) is 13.2 Å². The van der Waals surface area contributed by atoms with E-state index in [1.54, 1.807) is 6.92 Å². The van der Waals surface area contributed by atoms with E-state index in [0.717, 1.165) is 12.1 Å². The van der Waals surface area contributed by atoms with Crippen LogP contribution in [0.15, 0.2) is 23.1 Å². The molecule has 0 aromatic heterocycles. The summed E-state index contributed by atoms with van der Waals surface area (Å²) in [5, 5.41) is 9.11. The minimum Gasteiger partial charge on any atom is -0.392 e. The van der Waals surface area contributed by atoms with Crippen LogP contribution in [0.25, 0.3) is 0 Å². The Hall–Kier alpha value is -1.02. The molecule has 0 heterocycles. The summed E-state index contributed by atoms with van der Waals surface area (Å²) in [5.41, 5.74) is 0.160. The zero-order valence-corrected chi connectivity index (χ0v) is 11.7. The summed E-state index contributed by atoms with van der Waals surface area (Å²) in [6.45, 7) is 1.64. The normalized spacial score (nSPS) is 13.5. The topological polar surface area (TPSA) is 75.6 Å². The van der Waals surface area contributed by atoms with Crippen molar-refractivity contribution < 1.29 is 22.7 Å². The summed E-state index contributed by atoms with van der Waals surface area (Å²) in [5.74, 6) is -0.665. The lowest BCUT2D eigenvalue weighted by Gasteiger charge is -2.15. The fourth-order valence-corrected chi connectivity index (χ4v) is 3.11. The molecule has 0 radical (unpaired) electrons. The minimum atomic E-state index is -3.86. The van der Waals surface area contributed by atoms with Gasteiger partial charge in [-0.25, -0.2) is 17.5 Å². The first-order chi connectivity index (χ1) is 8.90. The zero-order chi connectivity index (χ0) is 14.5. The molecule has 0 aliphatic rings. The van der Waals surface area contributed by atoms with Crippen molar-refractivity contribution >= 4 is 10.0 Å². The molecule has 19 heavy (non-hydrogen) atoms. The Bertz CT molecular complexity index is 518. The second kappa shape index (κ2) is 6.95. The molecule has 1 unspecified atom stereocenters. The van der Waals surface area contributed by atoms with E-state index in [1.807, 2.05) is 0 Å². The van der Waals surface area contributed by atoms with Crippen LogP contribution in [-0.2, 0) is 21.4 Å². The molecule has 0 bridgehead atoms. The molecule has 1 aromatic rings. The fourth-order valence-electron chi connectivity index (χ4n) is 1.59. The molecule has 0 spiro atoms. The largest absolute Gasteiger partial charge is 0.392 e. The molecular formula is C12H18FNO4S. The van der Waals surface area contributed by atoms with Crippen molar-refractivity contribution in [1.29, 1.82) is 0 Å². The maximum Gasteiger partial charge on any atom is 0.241 e. The third-order valence-electron chi connectivity index (χ3n) is 2.60. The maximum absolute atomic E-state index is 13.2. The van der Waals surface area contributed by atoms with Crippen LogP contribution in [0, 0.1) is 5.82 Å². The van der Waals surface area contributed by atoms with Crippen LogP contribution < -0.4 is 4.72 Å². The van der Waals surface area contributed by atoms with E-state index in [4.69, 9.17) is 9.84 Å². The van der Waals surface area contributed by atoms with Gasteiger partial charge in [-0.3, -0.25) is 0 Å². The third kappa shape index (κ3) is 4.54. The summed E-state index contributed by atoms with van der Waals surface area (Å²) < 4.78 is 44.7. The first-order valence-corrected chi connectivity index (χ1v) is 7.29. The lowest BCUT2D eigenvalue weighted by atomic mass is 10.2. The van der Waals surface area contributed by atoms with Crippen molar-refractivity contribution in [3.8, 4) is 0 Å². The fraction of sp³-hybridized carbons (Fsp3) is 0.500. The van der Waals surface area contributed by atoms with Gasteiger partial charge in [0.15, 0.2) is 0 Å². The number of hydrogen-bond donors (Lipinski definition) is 2. The van der Waals surface area contributed by atoms with Gasteiger partial charge < -0.3 is 9.84 Å². The number of aliphatic hydroxyl groups excluding tert-OH is 1. The molecular weight excluding hydrogens is 273 g/mol. The molecule has 0 aliphatic heterocycles. The average Bonchev–Trinajstić information content (AvgIpc) is 2.35. The molecule has 0 saturated heterocycles. The molecule has 7 heteroatoms.